The Balaban J connectivity index is 2.31. The Kier molecular flexibility index (Phi) is 3.02. The molecule has 0 aliphatic carbocycles. The molecule has 0 aliphatic heterocycles. The zero-order valence-electron chi connectivity index (χ0n) is 11.2. The van der Waals surface area contributed by atoms with Crippen molar-refractivity contribution in [2.45, 2.75) is 6.92 Å². The summed E-state index contributed by atoms with van der Waals surface area (Å²) in [7, 11) is 1.79. The standard InChI is InChI=1S/C15H13FN4/c1-9-6-13(17-2)20-15(19-9)12-8-11(16)7-10-4-3-5-18-14(10)12/h3-8H,1-2H3,(H,17,19,20). The molecule has 3 aromatic rings. The summed E-state index contributed by atoms with van der Waals surface area (Å²) in [6.45, 7) is 1.88. The molecule has 4 nitrogen and oxygen atoms in total. The van der Waals surface area contributed by atoms with Gasteiger partial charge in [-0.3, -0.25) is 4.98 Å². The minimum Gasteiger partial charge on any atom is -0.373 e. The van der Waals surface area contributed by atoms with Crippen LogP contribution in [0.2, 0.25) is 0 Å². The lowest BCUT2D eigenvalue weighted by molar-refractivity contribution is 0.630. The lowest BCUT2D eigenvalue weighted by Gasteiger charge is -2.08. The molecular formula is C15H13FN4. The van der Waals surface area contributed by atoms with Crippen molar-refractivity contribution in [2.24, 2.45) is 0 Å². The summed E-state index contributed by atoms with van der Waals surface area (Å²) >= 11 is 0. The number of hydrogen-bond acceptors (Lipinski definition) is 4. The molecule has 0 aliphatic rings. The molecule has 0 unspecified atom stereocenters. The van der Waals surface area contributed by atoms with Gasteiger partial charge < -0.3 is 5.32 Å². The monoisotopic (exact) mass is 268 g/mol. The van der Waals surface area contributed by atoms with Crippen LogP contribution in [0.3, 0.4) is 0 Å². The van der Waals surface area contributed by atoms with Crippen LogP contribution in [0.25, 0.3) is 22.3 Å². The topological polar surface area (TPSA) is 50.7 Å². The first kappa shape index (κ1) is 12.5. The first-order valence-corrected chi connectivity index (χ1v) is 6.25. The molecule has 20 heavy (non-hydrogen) atoms. The molecule has 0 bridgehead atoms. The maximum Gasteiger partial charge on any atom is 0.164 e. The van der Waals surface area contributed by atoms with Crippen LogP contribution in [-0.2, 0) is 0 Å². The van der Waals surface area contributed by atoms with Gasteiger partial charge in [0, 0.05) is 36.0 Å². The van der Waals surface area contributed by atoms with Crippen LogP contribution >= 0.6 is 0 Å². The molecule has 2 aromatic heterocycles. The second kappa shape index (κ2) is 4.85. The molecule has 2 heterocycles. The van der Waals surface area contributed by atoms with Gasteiger partial charge in [0.25, 0.3) is 0 Å². The highest BCUT2D eigenvalue weighted by atomic mass is 19.1. The van der Waals surface area contributed by atoms with Crippen LogP contribution in [0.5, 0.6) is 0 Å². The number of fused-ring (bicyclic) bond motifs is 1. The fourth-order valence-corrected chi connectivity index (χ4v) is 2.14. The average Bonchev–Trinajstić information content (AvgIpc) is 2.45. The number of aromatic nitrogens is 3. The molecule has 3 rings (SSSR count). The molecule has 1 N–H and O–H groups in total. The highest BCUT2D eigenvalue weighted by Gasteiger charge is 2.11. The highest BCUT2D eigenvalue weighted by Crippen LogP contribution is 2.26. The third-order valence-electron chi connectivity index (χ3n) is 3.02. The van der Waals surface area contributed by atoms with Gasteiger partial charge in [-0.05, 0) is 25.1 Å². The first-order valence-electron chi connectivity index (χ1n) is 6.25. The number of benzene rings is 1. The summed E-state index contributed by atoms with van der Waals surface area (Å²) in [6, 6.07) is 8.31. The maximum atomic E-state index is 13.8. The number of nitrogens with one attached hydrogen (secondary N) is 1. The van der Waals surface area contributed by atoms with E-state index in [0.717, 1.165) is 11.1 Å². The van der Waals surface area contributed by atoms with Crippen LogP contribution < -0.4 is 5.32 Å². The van der Waals surface area contributed by atoms with Crippen molar-refractivity contribution in [2.75, 3.05) is 12.4 Å². The normalized spacial score (nSPS) is 10.8. The van der Waals surface area contributed by atoms with Crippen LogP contribution in [0.1, 0.15) is 5.69 Å². The predicted octanol–water partition coefficient (Wildman–Crippen LogP) is 3.18. The van der Waals surface area contributed by atoms with Gasteiger partial charge in [-0.25, -0.2) is 14.4 Å². The summed E-state index contributed by atoms with van der Waals surface area (Å²) in [4.78, 5) is 13.1. The van der Waals surface area contributed by atoms with Gasteiger partial charge in [-0.2, -0.15) is 0 Å². The second-order valence-electron chi connectivity index (χ2n) is 4.50. The van der Waals surface area contributed by atoms with Crippen LogP contribution in [0, 0.1) is 12.7 Å². The molecular weight excluding hydrogens is 255 g/mol. The minimum atomic E-state index is -0.323. The lowest BCUT2D eigenvalue weighted by atomic mass is 10.1. The van der Waals surface area contributed by atoms with Gasteiger partial charge >= 0.3 is 0 Å². The number of nitrogens with zero attached hydrogens (tertiary/aromatic N) is 3. The third-order valence-corrected chi connectivity index (χ3v) is 3.02. The van der Waals surface area contributed by atoms with Crippen molar-refractivity contribution < 1.29 is 4.39 Å². The third kappa shape index (κ3) is 2.18. The second-order valence-corrected chi connectivity index (χ2v) is 4.50. The first-order chi connectivity index (χ1) is 9.67. The number of halogens is 1. The molecule has 5 heteroatoms. The molecule has 0 radical (unpaired) electrons. The van der Waals surface area contributed by atoms with E-state index in [1.54, 1.807) is 19.3 Å². The average molecular weight is 268 g/mol. The van der Waals surface area contributed by atoms with E-state index in [4.69, 9.17) is 0 Å². The lowest BCUT2D eigenvalue weighted by Crippen LogP contribution is -1.99. The number of rotatable bonds is 2. The van der Waals surface area contributed by atoms with Crippen LogP contribution in [0.4, 0.5) is 10.2 Å². The zero-order chi connectivity index (χ0) is 14.1. The van der Waals surface area contributed by atoms with Gasteiger partial charge in [-0.15, -0.1) is 0 Å². The molecule has 1 aromatic carbocycles. The van der Waals surface area contributed by atoms with Gasteiger partial charge in [-0.1, -0.05) is 6.07 Å². The SMILES string of the molecule is CNc1cc(C)nc(-c2cc(F)cc3cccnc23)n1. The Morgan fingerprint density at radius 2 is 2.00 bits per heavy atom. The Hall–Kier alpha value is -2.56. The molecule has 0 saturated carbocycles. The van der Waals surface area contributed by atoms with Crippen molar-refractivity contribution >= 4 is 16.7 Å². The van der Waals surface area contributed by atoms with E-state index in [2.05, 4.69) is 20.3 Å². The van der Waals surface area contributed by atoms with E-state index >= 15 is 0 Å². The summed E-state index contributed by atoms with van der Waals surface area (Å²) in [5.41, 5.74) is 2.11. The Labute approximate surface area is 115 Å². The van der Waals surface area contributed by atoms with Crippen molar-refractivity contribution in [3.63, 3.8) is 0 Å². The highest BCUT2D eigenvalue weighted by molar-refractivity contribution is 5.91. The Morgan fingerprint density at radius 1 is 1.15 bits per heavy atom. The van der Waals surface area contributed by atoms with Gasteiger partial charge in [0.05, 0.1) is 5.52 Å². The summed E-state index contributed by atoms with van der Waals surface area (Å²) in [5, 5.41) is 3.71. The fourth-order valence-electron chi connectivity index (χ4n) is 2.14. The Bertz CT molecular complexity index is 786. The summed E-state index contributed by atoms with van der Waals surface area (Å²) in [6.07, 6.45) is 1.68. The van der Waals surface area contributed by atoms with E-state index in [1.165, 1.54) is 12.1 Å². The zero-order valence-corrected chi connectivity index (χ0v) is 11.2. The van der Waals surface area contributed by atoms with E-state index in [1.807, 2.05) is 19.1 Å². The van der Waals surface area contributed by atoms with E-state index in [9.17, 15) is 4.39 Å². The number of pyridine rings is 1. The van der Waals surface area contributed by atoms with Crippen LogP contribution in [0.15, 0.2) is 36.5 Å². The molecule has 100 valence electrons. The van der Waals surface area contributed by atoms with Gasteiger partial charge in [0.2, 0.25) is 0 Å². The number of anilines is 1. The minimum absolute atomic E-state index is 0.323. The van der Waals surface area contributed by atoms with E-state index < -0.39 is 0 Å². The van der Waals surface area contributed by atoms with Crippen molar-refractivity contribution in [1.82, 2.24) is 15.0 Å². The Morgan fingerprint density at radius 3 is 2.80 bits per heavy atom. The van der Waals surface area contributed by atoms with Gasteiger partial charge in [0.15, 0.2) is 5.82 Å². The van der Waals surface area contributed by atoms with Gasteiger partial charge in [0.1, 0.15) is 11.6 Å². The molecule has 0 spiro atoms. The van der Waals surface area contributed by atoms with Crippen molar-refractivity contribution in [3.8, 4) is 11.4 Å². The fraction of sp³-hybridized carbons (Fsp3) is 0.133. The smallest absolute Gasteiger partial charge is 0.164 e. The maximum absolute atomic E-state index is 13.8. The van der Waals surface area contributed by atoms with E-state index in [0.29, 0.717) is 22.7 Å². The molecule has 0 amide bonds. The predicted molar refractivity (Wildman–Crippen MR) is 77.0 cm³/mol. The summed E-state index contributed by atoms with van der Waals surface area (Å²) < 4.78 is 13.8. The van der Waals surface area contributed by atoms with E-state index in [-0.39, 0.29) is 5.82 Å². The van der Waals surface area contributed by atoms with Crippen molar-refractivity contribution in [1.29, 1.82) is 0 Å². The molecule has 0 saturated heterocycles. The van der Waals surface area contributed by atoms with Crippen LogP contribution in [-0.4, -0.2) is 22.0 Å². The van der Waals surface area contributed by atoms with Crippen molar-refractivity contribution in [3.05, 3.63) is 48.0 Å². The number of hydrogen-bond donors (Lipinski definition) is 1. The molecule has 0 atom stereocenters. The largest absolute Gasteiger partial charge is 0.373 e. The summed E-state index contributed by atoms with van der Waals surface area (Å²) in [5.74, 6) is 0.843. The quantitative estimate of drug-likeness (QED) is 0.775. The molecule has 0 fully saturated rings. The number of aryl methyl sites for hydroxylation is 1.